The van der Waals surface area contributed by atoms with Gasteiger partial charge >= 0.3 is 0 Å². The van der Waals surface area contributed by atoms with Gasteiger partial charge in [0.25, 0.3) is 0 Å². The van der Waals surface area contributed by atoms with E-state index in [4.69, 9.17) is 4.42 Å². The van der Waals surface area contributed by atoms with Crippen molar-refractivity contribution in [3.8, 4) is 0 Å². The van der Waals surface area contributed by atoms with Crippen LogP contribution in [-0.4, -0.2) is 47.6 Å². The summed E-state index contributed by atoms with van der Waals surface area (Å²) in [5.41, 5.74) is -0.245. The first-order chi connectivity index (χ1) is 11.1. The van der Waals surface area contributed by atoms with E-state index < -0.39 is 17.7 Å². The minimum absolute atomic E-state index is 0.229. The zero-order valence-corrected chi connectivity index (χ0v) is 12.8. The number of benzene rings is 1. The second-order valence-corrected chi connectivity index (χ2v) is 5.81. The van der Waals surface area contributed by atoms with Crippen molar-refractivity contribution in [3.05, 3.63) is 59.6 Å². The molecule has 0 aliphatic carbocycles. The second kappa shape index (κ2) is 7.21. The van der Waals surface area contributed by atoms with Crippen LogP contribution in [0.2, 0.25) is 0 Å². The van der Waals surface area contributed by atoms with Crippen LogP contribution in [-0.2, 0) is 6.54 Å². The van der Waals surface area contributed by atoms with E-state index in [1.807, 2.05) is 17.0 Å². The molecular weight excluding hydrogens is 302 g/mol. The van der Waals surface area contributed by atoms with E-state index in [0.717, 1.165) is 38.5 Å². The quantitative estimate of drug-likeness (QED) is 0.918. The molecule has 1 aliphatic heterocycles. The SMILES string of the molecule is OC(CN1CCN(Cc2ccco2)CC1)c1c(F)cccc1F. The molecular formula is C17H20F2N2O2. The average molecular weight is 322 g/mol. The van der Waals surface area contributed by atoms with Gasteiger partial charge in [0.2, 0.25) is 0 Å². The van der Waals surface area contributed by atoms with Gasteiger partial charge in [-0.2, -0.15) is 0 Å². The molecule has 1 aromatic carbocycles. The van der Waals surface area contributed by atoms with Crippen molar-refractivity contribution < 1.29 is 18.3 Å². The van der Waals surface area contributed by atoms with Crippen LogP contribution in [0.15, 0.2) is 41.0 Å². The summed E-state index contributed by atoms with van der Waals surface area (Å²) in [4.78, 5) is 4.28. The van der Waals surface area contributed by atoms with Crippen LogP contribution >= 0.6 is 0 Å². The van der Waals surface area contributed by atoms with Gasteiger partial charge in [0.15, 0.2) is 0 Å². The van der Waals surface area contributed by atoms with Gasteiger partial charge in [0.1, 0.15) is 17.4 Å². The van der Waals surface area contributed by atoms with Crippen LogP contribution < -0.4 is 0 Å². The molecule has 0 saturated carbocycles. The van der Waals surface area contributed by atoms with Gasteiger partial charge in [-0.3, -0.25) is 9.80 Å². The molecule has 2 heterocycles. The highest BCUT2D eigenvalue weighted by Crippen LogP contribution is 2.22. The molecule has 1 atom stereocenters. The molecule has 1 unspecified atom stereocenters. The monoisotopic (exact) mass is 322 g/mol. The molecule has 124 valence electrons. The van der Waals surface area contributed by atoms with E-state index >= 15 is 0 Å². The van der Waals surface area contributed by atoms with Crippen molar-refractivity contribution in [1.82, 2.24) is 9.80 Å². The van der Waals surface area contributed by atoms with Gasteiger partial charge in [-0.05, 0) is 24.3 Å². The standard InChI is InChI=1S/C17H20F2N2O2/c18-14-4-1-5-15(19)17(14)16(22)12-21-8-6-20(7-9-21)11-13-3-2-10-23-13/h1-5,10,16,22H,6-9,11-12H2. The van der Waals surface area contributed by atoms with Crippen molar-refractivity contribution >= 4 is 0 Å². The Morgan fingerprint density at radius 2 is 1.65 bits per heavy atom. The van der Waals surface area contributed by atoms with Gasteiger partial charge in [0, 0.05) is 32.7 Å². The summed E-state index contributed by atoms with van der Waals surface area (Å²) < 4.78 is 32.7. The molecule has 0 radical (unpaired) electrons. The number of aliphatic hydroxyl groups is 1. The first-order valence-corrected chi connectivity index (χ1v) is 7.72. The predicted octanol–water partition coefficient (Wildman–Crippen LogP) is 2.41. The van der Waals surface area contributed by atoms with Crippen LogP contribution in [0.5, 0.6) is 0 Å². The van der Waals surface area contributed by atoms with E-state index in [-0.39, 0.29) is 12.1 Å². The van der Waals surface area contributed by atoms with Crippen LogP contribution in [0.4, 0.5) is 8.78 Å². The Bertz CT molecular complexity index is 605. The van der Waals surface area contributed by atoms with Crippen molar-refractivity contribution in [2.75, 3.05) is 32.7 Å². The molecule has 23 heavy (non-hydrogen) atoms. The number of β-amino-alcohol motifs (C(OH)–C–C–N with tert-alkyl or cyclic N) is 1. The minimum Gasteiger partial charge on any atom is -0.468 e. The fourth-order valence-corrected chi connectivity index (χ4v) is 2.92. The fourth-order valence-electron chi connectivity index (χ4n) is 2.92. The number of nitrogens with zero attached hydrogens (tertiary/aromatic N) is 2. The number of hydrogen-bond acceptors (Lipinski definition) is 4. The van der Waals surface area contributed by atoms with E-state index in [9.17, 15) is 13.9 Å². The Morgan fingerprint density at radius 1 is 1.00 bits per heavy atom. The fraction of sp³-hybridized carbons (Fsp3) is 0.412. The molecule has 0 amide bonds. The maximum absolute atomic E-state index is 13.7. The molecule has 1 fully saturated rings. The second-order valence-electron chi connectivity index (χ2n) is 5.81. The number of piperazine rings is 1. The van der Waals surface area contributed by atoms with Gasteiger partial charge in [-0.1, -0.05) is 6.07 Å². The zero-order chi connectivity index (χ0) is 16.2. The van der Waals surface area contributed by atoms with Gasteiger partial charge < -0.3 is 9.52 Å². The number of rotatable bonds is 5. The first-order valence-electron chi connectivity index (χ1n) is 7.72. The molecule has 6 heteroatoms. The number of halogens is 2. The van der Waals surface area contributed by atoms with Crippen LogP contribution in [0.1, 0.15) is 17.4 Å². The molecule has 3 rings (SSSR count). The summed E-state index contributed by atoms with van der Waals surface area (Å²) in [6.07, 6.45) is 0.498. The van der Waals surface area contributed by atoms with Crippen LogP contribution in [0, 0.1) is 11.6 Å². The largest absolute Gasteiger partial charge is 0.468 e. The maximum Gasteiger partial charge on any atom is 0.131 e. The number of aliphatic hydroxyl groups excluding tert-OH is 1. The molecule has 4 nitrogen and oxygen atoms in total. The first kappa shape index (κ1) is 16.1. The Hall–Kier alpha value is -1.76. The highest BCUT2D eigenvalue weighted by atomic mass is 19.1. The van der Waals surface area contributed by atoms with Crippen molar-refractivity contribution in [3.63, 3.8) is 0 Å². The lowest BCUT2D eigenvalue weighted by molar-refractivity contribution is 0.0646. The van der Waals surface area contributed by atoms with Crippen molar-refractivity contribution in [2.45, 2.75) is 12.6 Å². The topological polar surface area (TPSA) is 39.9 Å². The molecule has 1 aliphatic rings. The van der Waals surface area contributed by atoms with Crippen LogP contribution in [0.25, 0.3) is 0 Å². The summed E-state index contributed by atoms with van der Waals surface area (Å²) >= 11 is 0. The summed E-state index contributed by atoms with van der Waals surface area (Å²) in [5.74, 6) is -0.477. The molecule has 1 aromatic heterocycles. The Labute approximate surface area is 133 Å². The van der Waals surface area contributed by atoms with E-state index in [1.54, 1.807) is 6.26 Å². The van der Waals surface area contributed by atoms with Crippen molar-refractivity contribution in [2.24, 2.45) is 0 Å². The number of furan rings is 1. The smallest absolute Gasteiger partial charge is 0.131 e. The number of hydrogen-bond donors (Lipinski definition) is 1. The predicted molar refractivity (Wildman–Crippen MR) is 81.7 cm³/mol. The Kier molecular flexibility index (Phi) is 5.05. The molecule has 0 spiro atoms. The third-order valence-corrected chi connectivity index (χ3v) is 4.19. The summed E-state index contributed by atoms with van der Waals surface area (Å²) in [7, 11) is 0. The minimum atomic E-state index is -1.16. The zero-order valence-electron chi connectivity index (χ0n) is 12.8. The lowest BCUT2D eigenvalue weighted by Gasteiger charge is -2.35. The average Bonchev–Trinajstić information content (AvgIpc) is 3.02. The molecule has 0 bridgehead atoms. The third kappa shape index (κ3) is 3.96. The van der Waals surface area contributed by atoms with Crippen LogP contribution in [0.3, 0.4) is 0 Å². The van der Waals surface area contributed by atoms with Gasteiger partial charge in [-0.15, -0.1) is 0 Å². The highest BCUT2D eigenvalue weighted by Gasteiger charge is 2.23. The summed E-state index contributed by atoms with van der Waals surface area (Å²) in [5, 5.41) is 10.2. The van der Waals surface area contributed by atoms with Gasteiger partial charge in [0.05, 0.1) is 24.5 Å². The van der Waals surface area contributed by atoms with E-state index in [0.29, 0.717) is 0 Å². The summed E-state index contributed by atoms with van der Waals surface area (Å²) in [6.45, 7) is 4.12. The highest BCUT2D eigenvalue weighted by molar-refractivity contribution is 5.22. The lowest BCUT2D eigenvalue weighted by Crippen LogP contribution is -2.47. The normalized spacial score (nSPS) is 18.2. The maximum atomic E-state index is 13.7. The van der Waals surface area contributed by atoms with Crippen molar-refractivity contribution in [1.29, 1.82) is 0 Å². The molecule has 1 N–H and O–H groups in total. The summed E-state index contributed by atoms with van der Waals surface area (Å²) in [6, 6.07) is 7.45. The third-order valence-electron chi connectivity index (χ3n) is 4.19. The van der Waals surface area contributed by atoms with Gasteiger partial charge in [-0.25, -0.2) is 8.78 Å². The molecule has 1 saturated heterocycles. The van der Waals surface area contributed by atoms with E-state index in [1.165, 1.54) is 18.2 Å². The lowest BCUT2D eigenvalue weighted by atomic mass is 10.1. The molecule has 2 aromatic rings. The Morgan fingerprint density at radius 3 is 2.26 bits per heavy atom. The Balaban J connectivity index is 1.52. The van der Waals surface area contributed by atoms with E-state index in [2.05, 4.69) is 4.90 Å².